The zero-order valence-electron chi connectivity index (χ0n) is 17.8. The van der Waals surface area contributed by atoms with E-state index >= 15 is 0 Å². The second-order valence-corrected chi connectivity index (χ2v) is 6.86. The third-order valence-corrected chi connectivity index (χ3v) is 4.74. The average Bonchev–Trinajstić information content (AvgIpc) is 3.28. The van der Waals surface area contributed by atoms with E-state index in [1.165, 1.54) is 0 Å². The van der Waals surface area contributed by atoms with E-state index < -0.39 is 18.5 Å². The summed E-state index contributed by atoms with van der Waals surface area (Å²) in [7, 11) is 3.13. The predicted octanol–water partition coefficient (Wildman–Crippen LogP) is 3.13. The average molecular weight is 448 g/mol. The molecule has 4 aromatic rings. The van der Waals surface area contributed by atoms with Gasteiger partial charge in [0.1, 0.15) is 5.75 Å². The van der Waals surface area contributed by atoms with E-state index in [2.05, 4.69) is 15.4 Å². The first kappa shape index (κ1) is 21.6. The summed E-state index contributed by atoms with van der Waals surface area (Å²) in [5, 5.41) is 15.9. The molecule has 0 saturated heterocycles. The molecule has 2 heterocycles. The van der Waals surface area contributed by atoms with Gasteiger partial charge in [0.2, 0.25) is 0 Å². The lowest BCUT2D eigenvalue weighted by Gasteiger charge is -2.10. The number of methoxy groups -OCH3 is 2. The molecule has 2 aromatic heterocycles. The van der Waals surface area contributed by atoms with Gasteiger partial charge in [-0.3, -0.25) is 4.79 Å². The zero-order chi connectivity index (χ0) is 23.4. The van der Waals surface area contributed by atoms with Crippen molar-refractivity contribution in [1.82, 2.24) is 14.6 Å². The Balaban J connectivity index is 1.57. The first-order valence-electron chi connectivity index (χ1n) is 9.81. The van der Waals surface area contributed by atoms with Crippen molar-refractivity contribution >= 4 is 23.2 Å². The topological polar surface area (TPSA) is 124 Å². The minimum absolute atomic E-state index is 0.182. The van der Waals surface area contributed by atoms with Gasteiger partial charge in [0.25, 0.3) is 5.91 Å². The van der Waals surface area contributed by atoms with Crippen LogP contribution in [0.3, 0.4) is 0 Å². The minimum atomic E-state index is -1.07. The molecule has 10 heteroatoms. The summed E-state index contributed by atoms with van der Waals surface area (Å²) < 4.78 is 17.3. The van der Waals surface area contributed by atoms with Crippen LogP contribution in [0.25, 0.3) is 16.9 Å². The number of rotatable bonds is 8. The number of carbonyl (C=O) groups is 2. The second-order valence-electron chi connectivity index (χ2n) is 6.86. The first-order valence-corrected chi connectivity index (χ1v) is 9.81. The number of nitrogens with zero attached hydrogens (tertiary/aromatic N) is 3. The smallest absolute Gasteiger partial charge is 0.341 e. The van der Waals surface area contributed by atoms with Crippen molar-refractivity contribution in [1.29, 1.82) is 0 Å². The number of hydrogen-bond acceptors (Lipinski definition) is 7. The van der Waals surface area contributed by atoms with Crippen LogP contribution in [0.1, 0.15) is 10.5 Å². The van der Waals surface area contributed by atoms with Gasteiger partial charge in [-0.05, 0) is 48.5 Å². The fourth-order valence-corrected chi connectivity index (χ4v) is 3.20. The highest BCUT2D eigenvalue weighted by molar-refractivity contribution is 6.03. The highest BCUT2D eigenvalue weighted by atomic mass is 16.5. The van der Waals surface area contributed by atoms with Gasteiger partial charge in [0.05, 0.1) is 19.9 Å². The molecule has 0 atom stereocenters. The SMILES string of the molecule is COc1ccc(-c2ccnc3cc(C(=O)Nc4ccc(OCC(=O)O)cc4)nn23)cc1OC. The van der Waals surface area contributed by atoms with Crippen LogP contribution in [0.5, 0.6) is 17.2 Å². The van der Waals surface area contributed by atoms with E-state index in [0.29, 0.717) is 28.6 Å². The Morgan fingerprint density at radius 2 is 1.76 bits per heavy atom. The van der Waals surface area contributed by atoms with Crippen molar-refractivity contribution in [3.05, 3.63) is 66.5 Å². The molecule has 2 aromatic carbocycles. The number of benzene rings is 2. The lowest BCUT2D eigenvalue weighted by molar-refractivity contribution is -0.139. The first-order chi connectivity index (χ1) is 16.0. The van der Waals surface area contributed by atoms with E-state index in [9.17, 15) is 9.59 Å². The molecule has 0 saturated carbocycles. The van der Waals surface area contributed by atoms with Gasteiger partial charge in [0, 0.05) is 23.5 Å². The van der Waals surface area contributed by atoms with E-state index in [1.54, 1.807) is 67.4 Å². The van der Waals surface area contributed by atoms with Gasteiger partial charge in [-0.15, -0.1) is 0 Å². The number of carbonyl (C=O) groups excluding carboxylic acids is 1. The summed E-state index contributed by atoms with van der Waals surface area (Å²) in [5.74, 6) is 0.0671. The van der Waals surface area contributed by atoms with Crippen LogP contribution in [-0.4, -0.2) is 52.4 Å². The number of amides is 1. The highest BCUT2D eigenvalue weighted by Crippen LogP contribution is 2.32. The maximum absolute atomic E-state index is 12.8. The molecule has 33 heavy (non-hydrogen) atoms. The van der Waals surface area contributed by atoms with Crippen LogP contribution < -0.4 is 19.5 Å². The number of fused-ring (bicyclic) bond motifs is 1. The Kier molecular flexibility index (Phi) is 6.07. The summed E-state index contributed by atoms with van der Waals surface area (Å²) in [4.78, 5) is 27.6. The summed E-state index contributed by atoms with van der Waals surface area (Å²) in [6.07, 6.45) is 1.64. The van der Waals surface area contributed by atoms with Gasteiger partial charge in [0.15, 0.2) is 29.4 Å². The largest absolute Gasteiger partial charge is 0.493 e. The lowest BCUT2D eigenvalue weighted by Crippen LogP contribution is -2.13. The lowest BCUT2D eigenvalue weighted by atomic mass is 10.1. The standard InChI is InChI=1S/C23H20N4O6/c1-31-19-8-3-14(11-20(19)32-2)18-9-10-24-21-12-17(26-27(18)21)23(30)25-15-4-6-16(7-5-15)33-13-22(28)29/h3-12H,13H2,1-2H3,(H,25,30)(H,28,29). The molecule has 1 amide bonds. The third-order valence-electron chi connectivity index (χ3n) is 4.74. The monoisotopic (exact) mass is 448 g/mol. The Morgan fingerprint density at radius 3 is 2.45 bits per heavy atom. The highest BCUT2D eigenvalue weighted by Gasteiger charge is 2.16. The summed E-state index contributed by atoms with van der Waals surface area (Å²) in [6.45, 7) is -0.442. The maximum Gasteiger partial charge on any atom is 0.341 e. The molecule has 0 unspecified atom stereocenters. The van der Waals surface area contributed by atoms with Gasteiger partial charge in [-0.1, -0.05) is 0 Å². The number of aliphatic carboxylic acids is 1. The van der Waals surface area contributed by atoms with Crippen LogP contribution >= 0.6 is 0 Å². The quantitative estimate of drug-likeness (QED) is 0.421. The number of carboxylic acids is 1. The number of hydrogen-bond donors (Lipinski definition) is 2. The van der Waals surface area contributed by atoms with Gasteiger partial charge < -0.3 is 24.6 Å². The van der Waals surface area contributed by atoms with Crippen LogP contribution in [-0.2, 0) is 4.79 Å². The molecule has 2 N–H and O–H groups in total. The number of ether oxygens (including phenoxy) is 3. The van der Waals surface area contributed by atoms with Crippen LogP contribution in [0.15, 0.2) is 60.8 Å². The van der Waals surface area contributed by atoms with Crippen molar-refractivity contribution in [2.45, 2.75) is 0 Å². The molecular weight excluding hydrogens is 428 g/mol. The molecular formula is C23H20N4O6. The molecule has 10 nitrogen and oxygen atoms in total. The summed E-state index contributed by atoms with van der Waals surface area (Å²) >= 11 is 0. The minimum Gasteiger partial charge on any atom is -0.493 e. The molecule has 0 aliphatic rings. The molecule has 0 bridgehead atoms. The molecule has 0 aliphatic heterocycles. The van der Waals surface area contributed by atoms with Gasteiger partial charge >= 0.3 is 5.97 Å². The van der Waals surface area contributed by atoms with Crippen molar-refractivity contribution in [2.75, 3.05) is 26.1 Å². The Hall–Kier alpha value is -4.60. The predicted molar refractivity (Wildman–Crippen MR) is 119 cm³/mol. The summed E-state index contributed by atoms with van der Waals surface area (Å²) in [6, 6.07) is 15.2. The third kappa shape index (κ3) is 4.69. The second kappa shape index (κ2) is 9.27. The molecule has 168 valence electrons. The maximum atomic E-state index is 12.8. The number of aromatic nitrogens is 3. The Morgan fingerprint density at radius 1 is 1.00 bits per heavy atom. The zero-order valence-corrected chi connectivity index (χ0v) is 17.8. The Labute approximate surface area is 188 Å². The van der Waals surface area contributed by atoms with E-state index in [-0.39, 0.29) is 5.69 Å². The fourth-order valence-electron chi connectivity index (χ4n) is 3.20. The normalized spacial score (nSPS) is 10.6. The van der Waals surface area contributed by atoms with Crippen LogP contribution in [0, 0.1) is 0 Å². The summed E-state index contributed by atoms with van der Waals surface area (Å²) in [5.41, 5.74) is 2.73. The number of anilines is 1. The van der Waals surface area contributed by atoms with Crippen molar-refractivity contribution in [3.8, 4) is 28.5 Å². The molecule has 0 radical (unpaired) electrons. The van der Waals surface area contributed by atoms with Gasteiger partial charge in [-0.25, -0.2) is 14.3 Å². The molecule has 0 spiro atoms. The number of carboxylic acid groups (broad SMARTS) is 1. The van der Waals surface area contributed by atoms with E-state index in [1.807, 2.05) is 12.1 Å². The fraction of sp³-hybridized carbons (Fsp3) is 0.130. The van der Waals surface area contributed by atoms with Crippen LogP contribution in [0.4, 0.5) is 5.69 Å². The van der Waals surface area contributed by atoms with Crippen LogP contribution in [0.2, 0.25) is 0 Å². The van der Waals surface area contributed by atoms with E-state index in [0.717, 1.165) is 11.3 Å². The van der Waals surface area contributed by atoms with Gasteiger partial charge in [-0.2, -0.15) is 5.10 Å². The van der Waals surface area contributed by atoms with Crippen molar-refractivity contribution in [2.24, 2.45) is 0 Å². The Bertz CT molecular complexity index is 1320. The van der Waals surface area contributed by atoms with E-state index in [4.69, 9.17) is 19.3 Å². The molecule has 4 rings (SSSR count). The van der Waals surface area contributed by atoms with Crippen molar-refractivity contribution < 1.29 is 28.9 Å². The molecule has 0 aliphatic carbocycles. The number of nitrogens with one attached hydrogen (secondary N) is 1. The molecule has 0 fully saturated rings. The van der Waals surface area contributed by atoms with Crippen molar-refractivity contribution in [3.63, 3.8) is 0 Å².